The number of benzene rings is 1. The number of nitrogens with two attached hydrogens (primary N) is 1. The lowest BCUT2D eigenvalue weighted by Gasteiger charge is -2.26. The van der Waals surface area contributed by atoms with E-state index in [0.717, 1.165) is 5.56 Å². The monoisotopic (exact) mass is 262 g/mol. The molecule has 0 aliphatic carbocycles. The molecule has 0 saturated heterocycles. The number of anilines is 1. The summed E-state index contributed by atoms with van der Waals surface area (Å²) in [6.45, 7) is 2.12. The van der Waals surface area contributed by atoms with Crippen molar-refractivity contribution in [1.82, 2.24) is 0 Å². The van der Waals surface area contributed by atoms with Gasteiger partial charge in [-0.05, 0) is 18.1 Å². The topological polar surface area (TPSA) is 83.6 Å². The highest BCUT2D eigenvalue weighted by molar-refractivity contribution is 6.03. The number of amides is 1. The van der Waals surface area contributed by atoms with Crippen molar-refractivity contribution in [3.63, 3.8) is 0 Å². The average Bonchev–Trinajstić information content (AvgIpc) is 2.79. The van der Waals surface area contributed by atoms with E-state index in [4.69, 9.17) is 5.73 Å². The Labute approximate surface area is 112 Å². The number of carbonyl (C=O) groups is 2. The molecule has 1 aromatic carbocycles. The molecule has 3 N–H and O–H groups in total. The summed E-state index contributed by atoms with van der Waals surface area (Å²) in [6, 6.07) is 6.51. The molecule has 1 heterocycles. The third-order valence-electron chi connectivity index (χ3n) is 3.63. The lowest BCUT2D eigenvalue weighted by molar-refractivity contribution is -0.140. The molecule has 2 rings (SSSR count). The first kappa shape index (κ1) is 13.5. The Bertz CT molecular complexity index is 497. The quantitative estimate of drug-likeness (QED) is 0.848. The molecule has 102 valence electrons. The summed E-state index contributed by atoms with van der Waals surface area (Å²) in [7, 11) is 0. The molecule has 2 unspecified atom stereocenters. The first-order chi connectivity index (χ1) is 9.10. The first-order valence-corrected chi connectivity index (χ1v) is 6.44. The van der Waals surface area contributed by atoms with E-state index in [2.05, 4.69) is 0 Å². The Kier molecular flexibility index (Phi) is 3.85. The summed E-state index contributed by atoms with van der Waals surface area (Å²) in [5, 5.41) is 9.31. The van der Waals surface area contributed by atoms with Crippen molar-refractivity contribution in [1.29, 1.82) is 0 Å². The normalized spacial score (nSPS) is 19.1. The summed E-state index contributed by atoms with van der Waals surface area (Å²) in [5.74, 6) is -1.49. The van der Waals surface area contributed by atoms with Crippen LogP contribution in [-0.4, -0.2) is 29.6 Å². The van der Waals surface area contributed by atoms with Gasteiger partial charge in [0.15, 0.2) is 0 Å². The van der Waals surface area contributed by atoms with Crippen molar-refractivity contribution < 1.29 is 14.7 Å². The summed E-state index contributed by atoms with van der Waals surface area (Å²) in [4.78, 5) is 25.2. The van der Waals surface area contributed by atoms with Crippen molar-refractivity contribution in [2.75, 3.05) is 11.4 Å². The van der Waals surface area contributed by atoms with E-state index >= 15 is 0 Å². The molecule has 2 atom stereocenters. The number of hydrogen-bond acceptors (Lipinski definition) is 3. The number of carboxylic acid groups (broad SMARTS) is 1. The van der Waals surface area contributed by atoms with Crippen molar-refractivity contribution >= 4 is 17.6 Å². The fourth-order valence-corrected chi connectivity index (χ4v) is 2.49. The molecular weight excluding hydrogens is 244 g/mol. The molecule has 1 aromatic rings. The standard InChI is InChI=1S/C14H18N2O3/c1-2-9(8-15)13(17)16-11-6-4-3-5-10(11)7-12(16)14(18)19/h3-6,9,12H,2,7-8,15H2,1H3,(H,18,19). The van der Waals surface area contributed by atoms with Crippen LogP contribution in [0.15, 0.2) is 24.3 Å². The van der Waals surface area contributed by atoms with Crippen molar-refractivity contribution in [2.45, 2.75) is 25.8 Å². The van der Waals surface area contributed by atoms with Crippen LogP contribution in [0.2, 0.25) is 0 Å². The maximum absolute atomic E-state index is 12.5. The minimum Gasteiger partial charge on any atom is -0.480 e. The number of fused-ring (bicyclic) bond motifs is 1. The van der Waals surface area contributed by atoms with Crippen LogP contribution in [0.5, 0.6) is 0 Å². The molecule has 0 aromatic heterocycles. The zero-order chi connectivity index (χ0) is 14.0. The molecule has 5 nitrogen and oxygen atoms in total. The summed E-state index contributed by atoms with van der Waals surface area (Å²) >= 11 is 0. The fourth-order valence-electron chi connectivity index (χ4n) is 2.49. The first-order valence-electron chi connectivity index (χ1n) is 6.44. The van der Waals surface area contributed by atoms with Gasteiger partial charge in [0.05, 0.1) is 5.92 Å². The number of carboxylic acids is 1. The molecular formula is C14H18N2O3. The van der Waals surface area contributed by atoms with Gasteiger partial charge in [-0.2, -0.15) is 0 Å². The molecule has 1 amide bonds. The molecule has 19 heavy (non-hydrogen) atoms. The molecule has 0 spiro atoms. The highest BCUT2D eigenvalue weighted by Crippen LogP contribution is 2.33. The Morgan fingerprint density at radius 3 is 2.74 bits per heavy atom. The molecule has 1 aliphatic rings. The van der Waals surface area contributed by atoms with Crippen LogP contribution < -0.4 is 10.6 Å². The maximum atomic E-state index is 12.5. The fraction of sp³-hybridized carbons (Fsp3) is 0.429. The van der Waals surface area contributed by atoms with E-state index in [-0.39, 0.29) is 18.4 Å². The average molecular weight is 262 g/mol. The van der Waals surface area contributed by atoms with E-state index in [9.17, 15) is 14.7 Å². The van der Waals surface area contributed by atoms with Gasteiger partial charge < -0.3 is 10.8 Å². The minimum atomic E-state index is -0.976. The van der Waals surface area contributed by atoms with E-state index in [1.54, 1.807) is 6.07 Å². The number of nitrogens with zero attached hydrogens (tertiary/aromatic N) is 1. The zero-order valence-electron chi connectivity index (χ0n) is 10.9. The van der Waals surface area contributed by atoms with Gasteiger partial charge in [0.25, 0.3) is 0 Å². The predicted molar refractivity (Wildman–Crippen MR) is 71.9 cm³/mol. The lowest BCUT2D eigenvalue weighted by Crippen LogP contribution is -2.47. The highest BCUT2D eigenvalue weighted by atomic mass is 16.4. The van der Waals surface area contributed by atoms with E-state index in [1.807, 2.05) is 25.1 Å². The summed E-state index contributed by atoms with van der Waals surface area (Å²) in [5.41, 5.74) is 7.20. The SMILES string of the molecule is CCC(CN)C(=O)N1c2ccccc2CC1C(=O)O. The van der Waals surface area contributed by atoms with Crippen LogP contribution in [-0.2, 0) is 16.0 Å². The van der Waals surface area contributed by atoms with Crippen molar-refractivity contribution in [3.8, 4) is 0 Å². The van der Waals surface area contributed by atoms with Gasteiger partial charge in [-0.25, -0.2) is 4.79 Å². The van der Waals surface area contributed by atoms with Gasteiger partial charge >= 0.3 is 5.97 Å². The van der Waals surface area contributed by atoms with Crippen LogP contribution in [0.4, 0.5) is 5.69 Å². The van der Waals surface area contributed by atoms with Crippen LogP contribution in [0.3, 0.4) is 0 Å². The van der Waals surface area contributed by atoms with Crippen molar-refractivity contribution in [3.05, 3.63) is 29.8 Å². The van der Waals surface area contributed by atoms with Gasteiger partial charge in [0, 0.05) is 18.7 Å². The second-order valence-electron chi connectivity index (χ2n) is 4.74. The smallest absolute Gasteiger partial charge is 0.327 e. The Morgan fingerprint density at radius 2 is 2.16 bits per heavy atom. The molecule has 1 aliphatic heterocycles. The highest BCUT2D eigenvalue weighted by Gasteiger charge is 2.39. The third kappa shape index (κ3) is 2.33. The number of rotatable bonds is 4. The lowest BCUT2D eigenvalue weighted by atomic mass is 10.0. The van der Waals surface area contributed by atoms with Gasteiger partial charge in [0.2, 0.25) is 5.91 Å². The minimum absolute atomic E-state index is 0.192. The second-order valence-corrected chi connectivity index (χ2v) is 4.74. The molecule has 0 fully saturated rings. The second kappa shape index (κ2) is 5.40. The van der Waals surface area contributed by atoms with E-state index in [0.29, 0.717) is 18.5 Å². The number of carbonyl (C=O) groups excluding carboxylic acids is 1. The largest absolute Gasteiger partial charge is 0.480 e. The Morgan fingerprint density at radius 1 is 1.47 bits per heavy atom. The third-order valence-corrected chi connectivity index (χ3v) is 3.63. The number of hydrogen-bond donors (Lipinski definition) is 2. The molecule has 0 radical (unpaired) electrons. The maximum Gasteiger partial charge on any atom is 0.327 e. The zero-order valence-corrected chi connectivity index (χ0v) is 10.9. The summed E-state index contributed by atoms with van der Waals surface area (Å²) < 4.78 is 0. The van der Waals surface area contributed by atoms with Gasteiger partial charge in [-0.1, -0.05) is 25.1 Å². The van der Waals surface area contributed by atoms with Crippen LogP contribution in [0.25, 0.3) is 0 Å². The van der Waals surface area contributed by atoms with E-state index < -0.39 is 12.0 Å². The Balaban J connectivity index is 2.39. The summed E-state index contributed by atoms with van der Waals surface area (Å²) in [6.07, 6.45) is 0.971. The van der Waals surface area contributed by atoms with Crippen molar-refractivity contribution in [2.24, 2.45) is 11.7 Å². The van der Waals surface area contributed by atoms with Gasteiger partial charge in [-0.3, -0.25) is 9.69 Å². The van der Waals surface area contributed by atoms with Crippen LogP contribution in [0, 0.1) is 5.92 Å². The Hall–Kier alpha value is -1.88. The molecule has 0 bridgehead atoms. The number of para-hydroxylation sites is 1. The van der Waals surface area contributed by atoms with Crippen LogP contribution >= 0.6 is 0 Å². The molecule has 5 heteroatoms. The van der Waals surface area contributed by atoms with Gasteiger partial charge in [0.1, 0.15) is 6.04 Å². The molecule has 0 saturated carbocycles. The van der Waals surface area contributed by atoms with Gasteiger partial charge in [-0.15, -0.1) is 0 Å². The number of aliphatic carboxylic acids is 1. The predicted octanol–water partition coefficient (Wildman–Crippen LogP) is 1.01. The van der Waals surface area contributed by atoms with E-state index in [1.165, 1.54) is 4.90 Å². The van der Waals surface area contributed by atoms with Crippen LogP contribution in [0.1, 0.15) is 18.9 Å².